The van der Waals surface area contributed by atoms with Gasteiger partial charge < -0.3 is 10.6 Å². The fourth-order valence-electron chi connectivity index (χ4n) is 3.59. The van der Waals surface area contributed by atoms with Gasteiger partial charge in [0.1, 0.15) is 0 Å². The Balaban J connectivity index is 1.90. The van der Waals surface area contributed by atoms with Crippen molar-refractivity contribution in [1.82, 2.24) is 4.90 Å². The highest BCUT2D eigenvalue weighted by Gasteiger charge is 2.32. The lowest BCUT2D eigenvalue weighted by Gasteiger charge is -2.39. The predicted octanol–water partition coefficient (Wildman–Crippen LogP) is 2.54. The third-order valence-corrected chi connectivity index (χ3v) is 4.91. The summed E-state index contributed by atoms with van der Waals surface area (Å²) in [6.45, 7) is 4.00. The van der Waals surface area contributed by atoms with Gasteiger partial charge >= 0.3 is 0 Å². The van der Waals surface area contributed by atoms with E-state index in [1.807, 2.05) is 0 Å². The van der Waals surface area contributed by atoms with Crippen LogP contribution in [0, 0.1) is 11.8 Å². The van der Waals surface area contributed by atoms with E-state index in [1.165, 1.54) is 19.3 Å². The lowest BCUT2D eigenvalue weighted by Crippen LogP contribution is -2.47. The zero-order valence-electron chi connectivity index (χ0n) is 11.7. The van der Waals surface area contributed by atoms with E-state index in [1.54, 1.807) is 0 Å². The topological polar surface area (TPSA) is 46.3 Å². The summed E-state index contributed by atoms with van der Waals surface area (Å²) >= 11 is 0. The Hall–Kier alpha value is -0.570. The van der Waals surface area contributed by atoms with Crippen molar-refractivity contribution in [2.45, 2.75) is 64.3 Å². The van der Waals surface area contributed by atoms with Gasteiger partial charge in [-0.25, -0.2) is 0 Å². The van der Waals surface area contributed by atoms with E-state index in [-0.39, 0.29) is 0 Å². The van der Waals surface area contributed by atoms with Crippen molar-refractivity contribution in [3.8, 4) is 0 Å². The average molecular weight is 252 g/mol. The number of carbonyl (C=O) groups excluding carboxylic acids is 1. The molecule has 1 saturated heterocycles. The smallest absolute Gasteiger partial charge is 0.225 e. The Morgan fingerprint density at radius 2 is 1.89 bits per heavy atom. The SMILES string of the molecule is CCC1CCCCN1C(=O)C1CCC(CN)CC1. The van der Waals surface area contributed by atoms with Gasteiger partial charge in [-0.1, -0.05) is 6.92 Å². The fraction of sp³-hybridized carbons (Fsp3) is 0.933. The average Bonchev–Trinajstić information content (AvgIpc) is 2.46. The molecule has 0 bridgehead atoms. The molecule has 1 atom stereocenters. The number of piperidine rings is 1. The molecule has 2 N–H and O–H groups in total. The molecule has 0 radical (unpaired) electrons. The van der Waals surface area contributed by atoms with E-state index in [2.05, 4.69) is 11.8 Å². The van der Waals surface area contributed by atoms with Crippen LogP contribution < -0.4 is 5.73 Å². The summed E-state index contributed by atoms with van der Waals surface area (Å²) in [6, 6.07) is 0.512. The highest BCUT2D eigenvalue weighted by atomic mass is 16.2. The summed E-state index contributed by atoms with van der Waals surface area (Å²) in [5, 5.41) is 0. The summed E-state index contributed by atoms with van der Waals surface area (Å²) < 4.78 is 0. The standard InChI is InChI=1S/C15H28N2O/c1-2-14-5-3-4-10-17(14)15(18)13-8-6-12(11-16)7-9-13/h12-14H,2-11,16H2,1H3. The lowest BCUT2D eigenvalue weighted by molar-refractivity contribution is -0.140. The lowest BCUT2D eigenvalue weighted by atomic mass is 9.81. The number of nitrogens with zero attached hydrogens (tertiary/aromatic N) is 1. The van der Waals surface area contributed by atoms with Crippen LogP contribution in [-0.4, -0.2) is 29.9 Å². The summed E-state index contributed by atoms with van der Waals surface area (Å²) in [4.78, 5) is 14.8. The maximum atomic E-state index is 12.6. The fourth-order valence-corrected chi connectivity index (χ4v) is 3.59. The van der Waals surface area contributed by atoms with Crippen LogP contribution in [0.1, 0.15) is 58.3 Å². The molecule has 2 rings (SSSR count). The van der Waals surface area contributed by atoms with E-state index < -0.39 is 0 Å². The van der Waals surface area contributed by atoms with Gasteiger partial charge in [-0.3, -0.25) is 4.79 Å². The first-order chi connectivity index (χ1) is 8.76. The second kappa shape index (κ2) is 6.55. The molecule has 3 nitrogen and oxygen atoms in total. The first kappa shape index (κ1) is 13.9. The number of amides is 1. The highest BCUT2D eigenvalue weighted by Crippen LogP contribution is 2.31. The highest BCUT2D eigenvalue weighted by molar-refractivity contribution is 5.79. The summed E-state index contributed by atoms with van der Waals surface area (Å²) in [5.41, 5.74) is 5.72. The van der Waals surface area contributed by atoms with Crippen molar-refractivity contribution in [2.24, 2.45) is 17.6 Å². The number of hydrogen-bond donors (Lipinski definition) is 1. The Kier molecular flexibility index (Phi) is 5.04. The van der Waals surface area contributed by atoms with Crippen molar-refractivity contribution in [3.05, 3.63) is 0 Å². The molecule has 2 fully saturated rings. The van der Waals surface area contributed by atoms with E-state index in [0.29, 0.717) is 23.8 Å². The maximum absolute atomic E-state index is 12.6. The Bertz CT molecular complexity index is 272. The van der Waals surface area contributed by atoms with Crippen LogP contribution in [0.15, 0.2) is 0 Å². The molecule has 0 aromatic rings. The molecule has 0 aromatic carbocycles. The molecular weight excluding hydrogens is 224 g/mol. The van der Waals surface area contributed by atoms with Crippen LogP contribution >= 0.6 is 0 Å². The zero-order valence-corrected chi connectivity index (χ0v) is 11.7. The van der Waals surface area contributed by atoms with Crippen molar-refractivity contribution in [3.63, 3.8) is 0 Å². The van der Waals surface area contributed by atoms with Crippen LogP contribution in [-0.2, 0) is 4.79 Å². The maximum Gasteiger partial charge on any atom is 0.225 e. The van der Waals surface area contributed by atoms with Gasteiger partial charge in [-0.05, 0) is 63.8 Å². The molecule has 1 aliphatic carbocycles. The molecule has 1 heterocycles. The van der Waals surface area contributed by atoms with Crippen LogP contribution in [0.4, 0.5) is 0 Å². The molecule has 3 heteroatoms. The van der Waals surface area contributed by atoms with Crippen molar-refractivity contribution in [1.29, 1.82) is 0 Å². The van der Waals surface area contributed by atoms with Gasteiger partial charge in [0.25, 0.3) is 0 Å². The second-order valence-electron chi connectivity index (χ2n) is 6.04. The summed E-state index contributed by atoms with van der Waals surface area (Å²) in [6.07, 6.45) is 9.24. The minimum atomic E-state index is 0.292. The van der Waals surface area contributed by atoms with Gasteiger partial charge in [0, 0.05) is 18.5 Å². The van der Waals surface area contributed by atoms with Crippen LogP contribution in [0.2, 0.25) is 0 Å². The normalized spacial score (nSPS) is 33.4. The Labute approximate surface area is 111 Å². The van der Waals surface area contributed by atoms with Gasteiger partial charge in [-0.15, -0.1) is 0 Å². The van der Waals surface area contributed by atoms with Gasteiger partial charge in [0.05, 0.1) is 0 Å². The van der Waals surface area contributed by atoms with E-state index in [4.69, 9.17) is 5.73 Å². The third-order valence-electron chi connectivity index (χ3n) is 4.91. The Morgan fingerprint density at radius 1 is 1.17 bits per heavy atom. The second-order valence-corrected chi connectivity index (χ2v) is 6.04. The molecule has 2 aliphatic rings. The van der Waals surface area contributed by atoms with Crippen molar-refractivity contribution < 1.29 is 4.79 Å². The number of nitrogens with two attached hydrogens (primary N) is 1. The largest absolute Gasteiger partial charge is 0.339 e. The van der Waals surface area contributed by atoms with Crippen LogP contribution in [0.3, 0.4) is 0 Å². The zero-order chi connectivity index (χ0) is 13.0. The number of hydrogen-bond acceptors (Lipinski definition) is 2. The predicted molar refractivity (Wildman–Crippen MR) is 74.1 cm³/mol. The van der Waals surface area contributed by atoms with Gasteiger partial charge in [0.15, 0.2) is 0 Å². The molecule has 1 aliphatic heterocycles. The molecule has 0 aromatic heterocycles. The first-order valence-corrected chi connectivity index (χ1v) is 7.76. The Morgan fingerprint density at radius 3 is 2.50 bits per heavy atom. The monoisotopic (exact) mass is 252 g/mol. The molecular formula is C15H28N2O. The van der Waals surface area contributed by atoms with Crippen molar-refractivity contribution >= 4 is 5.91 Å². The molecule has 0 spiro atoms. The number of carbonyl (C=O) groups is 1. The van der Waals surface area contributed by atoms with Crippen LogP contribution in [0.5, 0.6) is 0 Å². The quantitative estimate of drug-likeness (QED) is 0.839. The van der Waals surface area contributed by atoms with E-state index in [9.17, 15) is 4.79 Å². The summed E-state index contributed by atoms with van der Waals surface area (Å²) in [7, 11) is 0. The minimum Gasteiger partial charge on any atom is -0.339 e. The van der Waals surface area contributed by atoms with E-state index in [0.717, 1.165) is 45.2 Å². The van der Waals surface area contributed by atoms with Crippen molar-refractivity contribution in [2.75, 3.05) is 13.1 Å². The number of likely N-dealkylation sites (tertiary alicyclic amines) is 1. The number of rotatable bonds is 3. The summed E-state index contributed by atoms with van der Waals surface area (Å²) in [5.74, 6) is 1.40. The van der Waals surface area contributed by atoms with E-state index >= 15 is 0 Å². The minimum absolute atomic E-state index is 0.292. The molecule has 18 heavy (non-hydrogen) atoms. The molecule has 1 saturated carbocycles. The van der Waals surface area contributed by atoms with Gasteiger partial charge in [0.2, 0.25) is 5.91 Å². The van der Waals surface area contributed by atoms with Crippen LogP contribution in [0.25, 0.3) is 0 Å². The first-order valence-electron chi connectivity index (χ1n) is 7.76. The molecule has 1 amide bonds. The third kappa shape index (κ3) is 3.05. The molecule has 1 unspecified atom stereocenters. The molecule has 104 valence electrons. The van der Waals surface area contributed by atoms with Gasteiger partial charge in [-0.2, -0.15) is 0 Å².